The molecule has 4 N–H and O–H groups in total. The fourth-order valence-electron chi connectivity index (χ4n) is 2.89. The van der Waals surface area contributed by atoms with E-state index in [9.17, 15) is 29.9 Å². The van der Waals surface area contributed by atoms with E-state index in [0.717, 1.165) is 10.9 Å². The van der Waals surface area contributed by atoms with Crippen LogP contribution in [0.25, 0.3) is 10.4 Å². The van der Waals surface area contributed by atoms with Crippen molar-refractivity contribution in [1.29, 1.82) is 0 Å². The summed E-state index contributed by atoms with van der Waals surface area (Å²) in [5.41, 5.74) is 0.697. The Labute approximate surface area is 179 Å². The Hall–Kier alpha value is -3.99. The number of thiophene rings is 1. The van der Waals surface area contributed by atoms with Crippen LogP contribution < -0.4 is 5.32 Å². The van der Waals surface area contributed by atoms with Crippen molar-refractivity contribution in [2.45, 2.75) is 19.3 Å². The van der Waals surface area contributed by atoms with Crippen molar-refractivity contribution in [3.8, 4) is 21.9 Å². The SMILES string of the molecule is O=C(O)Cc1ccc(-c2cnccc2NC(=O)CCc2ccc([N+](=O)[O-])c(O)c2O)s1. The first-order valence-electron chi connectivity index (χ1n) is 8.99. The number of anilines is 1. The first-order chi connectivity index (χ1) is 14.8. The summed E-state index contributed by atoms with van der Waals surface area (Å²) in [4.78, 5) is 38.8. The number of rotatable bonds is 8. The minimum Gasteiger partial charge on any atom is -0.504 e. The van der Waals surface area contributed by atoms with Crippen molar-refractivity contribution in [2.75, 3.05) is 5.32 Å². The molecular formula is C20H17N3O7S. The summed E-state index contributed by atoms with van der Waals surface area (Å²) >= 11 is 1.28. The van der Waals surface area contributed by atoms with Gasteiger partial charge < -0.3 is 20.6 Å². The number of nitrogens with zero attached hydrogens (tertiary/aromatic N) is 2. The quantitative estimate of drug-likeness (QED) is 0.234. The first-order valence-corrected chi connectivity index (χ1v) is 9.81. The second-order valence-electron chi connectivity index (χ2n) is 6.50. The Morgan fingerprint density at radius 3 is 2.61 bits per heavy atom. The Morgan fingerprint density at radius 2 is 1.90 bits per heavy atom. The van der Waals surface area contributed by atoms with Crippen LogP contribution in [0, 0.1) is 10.1 Å². The van der Waals surface area contributed by atoms with Crippen LogP contribution in [0.4, 0.5) is 11.4 Å². The number of pyridine rings is 1. The van der Waals surface area contributed by atoms with Gasteiger partial charge in [-0.3, -0.25) is 24.7 Å². The highest BCUT2D eigenvalue weighted by molar-refractivity contribution is 7.15. The molecule has 2 aromatic heterocycles. The Balaban J connectivity index is 1.71. The van der Waals surface area contributed by atoms with Gasteiger partial charge in [-0.25, -0.2) is 0 Å². The highest BCUT2D eigenvalue weighted by Crippen LogP contribution is 2.38. The van der Waals surface area contributed by atoms with E-state index in [0.29, 0.717) is 16.1 Å². The van der Waals surface area contributed by atoms with Crippen LogP contribution >= 0.6 is 11.3 Å². The van der Waals surface area contributed by atoms with E-state index >= 15 is 0 Å². The second-order valence-corrected chi connectivity index (χ2v) is 7.67. The van der Waals surface area contributed by atoms with Crippen LogP contribution in [0.1, 0.15) is 16.9 Å². The number of hydrogen-bond acceptors (Lipinski definition) is 8. The smallest absolute Gasteiger partial charge is 0.314 e. The normalized spacial score (nSPS) is 10.6. The van der Waals surface area contributed by atoms with Crippen molar-refractivity contribution in [2.24, 2.45) is 0 Å². The standard InChI is InChI=1S/C20H17N3O7S/c24-17(6-2-11-1-4-15(23(29)30)20(28)19(11)27)22-14-7-8-21-10-13(14)16-5-3-12(31-16)9-18(25)26/h1,3-5,7-8,10,27-28H,2,6,9H2,(H,25,26)(H,21,22,24). The van der Waals surface area contributed by atoms with Gasteiger partial charge in [0, 0.05) is 40.2 Å². The van der Waals surface area contributed by atoms with Crippen LogP contribution in [-0.2, 0) is 22.4 Å². The number of hydrogen-bond donors (Lipinski definition) is 4. The zero-order chi connectivity index (χ0) is 22.5. The number of amides is 1. The highest BCUT2D eigenvalue weighted by atomic mass is 32.1. The lowest BCUT2D eigenvalue weighted by Gasteiger charge is -2.10. The van der Waals surface area contributed by atoms with Gasteiger partial charge in [0.15, 0.2) is 5.75 Å². The number of nitro benzene ring substituents is 1. The van der Waals surface area contributed by atoms with Crippen molar-refractivity contribution >= 4 is 34.6 Å². The third-order valence-electron chi connectivity index (χ3n) is 4.38. The maximum atomic E-state index is 12.4. The van der Waals surface area contributed by atoms with E-state index in [2.05, 4.69) is 10.3 Å². The maximum Gasteiger partial charge on any atom is 0.314 e. The van der Waals surface area contributed by atoms with Gasteiger partial charge in [0.05, 0.1) is 17.0 Å². The molecular weight excluding hydrogens is 426 g/mol. The number of phenols is 2. The van der Waals surface area contributed by atoms with Gasteiger partial charge in [0.25, 0.3) is 0 Å². The molecule has 0 bridgehead atoms. The molecule has 0 radical (unpaired) electrons. The molecule has 0 atom stereocenters. The molecule has 10 nitrogen and oxygen atoms in total. The second kappa shape index (κ2) is 9.22. The molecule has 0 spiro atoms. The number of aryl methyl sites for hydroxylation is 1. The van der Waals surface area contributed by atoms with Gasteiger partial charge >= 0.3 is 11.7 Å². The van der Waals surface area contributed by atoms with Crippen LogP contribution in [0.3, 0.4) is 0 Å². The number of carboxylic acids is 1. The molecule has 2 heterocycles. The molecule has 0 unspecified atom stereocenters. The molecule has 0 aliphatic carbocycles. The lowest BCUT2D eigenvalue weighted by atomic mass is 10.1. The zero-order valence-corrected chi connectivity index (χ0v) is 16.8. The average Bonchev–Trinajstić information content (AvgIpc) is 3.16. The molecule has 0 aliphatic rings. The van der Waals surface area contributed by atoms with Gasteiger partial charge in [-0.05, 0) is 36.2 Å². The van der Waals surface area contributed by atoms with Gasteiger partial charge in [-0.15, -0.1) is 11.3 Å². The Morgan fingerprint density at radius 1 is 1.13 bits per heavy atom. The number of aromatic hydroxyl groups is 2. The number of phenolic OH excluding ortho intramolecular Hbond substituents is 2. The Bertz CT molecular complexity index is 1160. The van der Waals surface area contributed by atoms with Crippen molar-refractivity contribution < 1.29 is 29.8 Å². The topological polar surface area (TPSA) is 163 Å². The van der Waals surface area contributed by atoms with E-state index in [-0.39, 0.29) is 30.7 Å². The van der Waals surface area contributed by atoms with Gasteiger partial charge in [0.2, 0.25) is 11.7 Å². The zero-order valence-electron chi connectivity index (χ0n) is 15.9. The summed E-state index contributed by atoms with van der Waals surface area (Å²) in [6.07, 6.45) is 2.96. The van der Waals surface area contributed by atoms with Crippen LogP contribution in [0.2, 0.25) is 0 Å². The number of aromatic nitrogens is 1. The minimum absolute atomic E-state index is 0.0470. The third kappa shape index (κ3) is 5.14. The molecule has 0 fully saturated rings. The lowest BCUT2D eigenvalue weighted by molar-refractivity contribution is -0.386. The van der Waals surface area contributed by atoms with Gasteiger partial charge in [-0.2, -0.15) is 0 Å². The predicted octanol–water partition coefficient (Wildman–Crippen LogP) is 3.33. The van der Waals surface area contributed by atoms with Gasteiger partial charge in [-0.1, -0.05) is 0 Å². The van der Waals surface area contributed by atoms with Gasteiger partial charge in [0.1, 0.15) is 0 Å². The number of nitro groups is 1. The molecule has 31 heavy (non-hydrogen) atoms. The fraction of sp³-hybridized carbons (Fsp3) is 0.150. The molecule has 0 saturated heterocycles. The Kier molecular flexibility index (Phi) is 6.46. The number of carbonyl (C=O) groups is 2. The molecule has 1 amide bonds. The number of carboxylic acid groups (broad SMARTS) is 1. The van der Waals surface area contributed by atoms with Crippen molar-refractivity contribution in [3.63, 3.8) is 0 Å². The summed E-state index contributed by atoms with van der Waals surface area (Å²) in [6.45, 7) is 0. The number of aliphatic carboxylic acids is 1. The maximum absolute atomic E-state index is 12.4. The van der Waals surface area contributed by atoms with E-state index in [1.54, 1.807) is 24.4 Å². The monoisotopic (exact) mass is 443 g/mol. The highest BCUT2D eigenvalue weighted by Gasteiger charge is 2.20. The summed E-state index contributed by atoms with van der Waals surface area (Å²) < 4.78 is 0. The predicted molar refractivity (Wildman–Crippen MR) is 112 cm³/mol. The molecule has 0 saturated carbocycles. The molecule has 3 aromatic rings. The largest absolute Gasteiger partial charge is 0.504 e. The minimum atomic E-state index is -0.936. The van der Waals surface area contributed by atoms with Crippen LogP contribution in [0.5, 0.6) is 11.5 Å². The molecule has 1 aromatic carbocycles. The first kappa shape index (κ1) is 21.7. The summed E-state index contributed by atoms with van der Waals surface area (Å²) in [7, 11) is 0. The molecule has 3 rings (SSSR count). The summed E-state index contributed by atoms with van der Waals surface area (Å²) in [5, 5.41) is 42.2. The molecule has 11 heteroatoms. The lowest BCUT2D eigenvalue weighted by Crippen LogP contribution is -2.13. The fourth-order valence-corrected chi connectivity index (χ4v) is 3.91. The number of benzene rings is 1. The van der Waals surface area contributed by atoms with Crippen molar-refractivity contribution in [1.82, 2.24) is 4.98 Å². The average molecular weight is 443 g/mol. The van der Waals surface area contributed by atoms with Crippen molar-refractivity contribution in [3.05, 3.63) is 63.3 Å². The molecule has 160 valence electrons. The van der Waals surface area contributed by atoms with Crippen LogP contribution in [-0.4, -0.2) is 37.1 Å². The summed E-state index contributed by atoms with van der Waals surface area (Å²) in [5.74, 6) is -2.79. The summed E-state index contributed by atoms with van der Waals surface area (Å²) in [6, 6.07) is 7.42. The van der Waals surface area contributed by atoms with Crippen LogP contribution in [0.15, 0.2) is 42.7 Å². The van der Waals surface area contributed by atoms with E-state index in [1.807, 2.05) is 0 Å². The van der Waals surface area contributed by atoms with E-state index in [1.165, 1.54) is 23.6 Å². The molecule has 0 aliphatic heterocycles. The number of nitrogens with one attached hydrogen (secondary N) is 1. The number of carbonyl (C=O) groups excluding carboxylic acids is 1. The van der Waals surface area contributed by atoms with E-state index < -0.39 is 28.1 Å². The third-order valence-corrected chi connectivity index (χ3v) is 5.50. The van der Waals surface area contributed by atoms with E-state index in [4.69, 9.17) is 5.11 Å².